The van der Waals surface area contributed by atoms with Gasteiger partial charge in [0.2, 0.25) is 5.91 Å². The molecular weight excluding hydrogens is 527 g/mol. The van der Waals surface area contributed by atoms with E-state index in [9.17, 15) is 14.7 Å². The second-order valence-electron chi connectivity index (χ2n) is 11.3. The van der Waals surface area contributed by atoms with E-state index < -0.39 is 5.97 Å². The number of carbonyl (C=O) groups is 2. The molecular formula is C31H35FN4O5. The number of aromatic carboxylic acids is 1. The van der Waals surface area contributed by atoms with Crippen LogP contribution in [0.5, 0.6) is 5.75 Å². The van der Waals surface area contributed by atoms with Crippen LogP contribution in [-0.2, 0) is 16.1 Å². The van der Waals surface area contributed by atoms with Crippen molar-refractivity contribution in [1.82, 2.24) is 19.1 Å². The number of benzene rings is 1. The van der Waals surface area contributed by atoms with Crippen molar-refractivity contribution in [3.05, 3.63) is 53.0 Å². The van der Waals surface area contributed by atoms with Crippen LogP contribution >= 0.6 is 0 Å². The molecule has 41 heavy (non-hydrogen) atoms. The number of carboxylic acids is 1. The zero-order chi connectivity index (χ0) is 28.8. The third kappa shape index (κ3) is 5.05. The maximum absolute atomic E-state index is 15.1. The number of hydrogen-bond acceptors (Lipinski definition) is 5. The molecule has 0 bridgehead atoms. The lowest BCUT2D eigenvalue weighted by atomic mass is 9.88. The number of hydrogen-bond donors (Lipinski definition) is 1. The number of pyridine rings is 1. The number of carbonyl (C=O) groups excluding carboxylic acids is 1. The third-order valence-electron chi connectivity index (χ3n) is 8.64. The molecule has 6 rings (SSSR count). The van der Waals surface area contributed by atoms with Crippen LogP contribution in [0.4, 0.5) is 4.39 Å². The number of aromatic nitrogens is 3. The molecule has 1 amide bonds. The number of carboxylic acid groups (broad SMARTS) is 1. The van der Waals surface area contributed by atoms with Gasteiger partial charge in [0, 0.05) is 43.9 Å². The van der Waals surface area contributed by atoms with Crippen molar-refractivity contribution in [2.75, 3.05) is 33.9 Å². The first-order valence-corrected chi connectivity index (χ1v) is 14.2. The maximum atomic E-state index is 15.1. The second-order valence-corrected chi connectivity index (χ2v) is 11.3. The Morgan fingerprint density at radius 2 is 1.83 bits per heavy atom. The molecule has 3 aromatic heterocycles. The largest absolute Gasteiger partial charge is 0.494 e. The lowest BCUT2D eigenvalue weighted by Crippen LogP contribution is -2.39. The number of piperidine rings is 1. The Morgan fingerprint density at radius 3 is 2.49 bits per heavy atom. The Hall–Kier alpha value is -3.92. The summed E-state index contributed by atoms with van der Waals surface area (Å²) in [7, 11) is 3.04. The fraction of sp³-hybridized carbons (Fsp3) is 0.452. The summed E-state index contributed by atoms with van der Waals surface area (Å²) in [6.45, 7) is 4.02. The highest BCUT2D eigenvalue weighted by Crippen LogP contribution is 2.41. The first-order valence-electron chi connectivity index (χ1n) is 14.2. The van der Waals surface area contributed by atoms with Gasteiger partial charge in [0.15, 0.2) is 0 Å². The van der Waals surface area contributed by atoms with Gasteiger partial charge in [-0.05, 0) is 67.9 Å². The standard InChI is InChI=1S/C31H35FN4O5/c1-18-28(33-36-16-22(31(38)39)14-26(41-3)29(18)36)25-13-21-12-23(32)15-24(30(21)35(25)11-6-19-4-5-19)20-7-9-34(10-8-20)27(37)17-40-2/h12-16,19-20H,4-11,17H2,1-3H3,(H,38,39). The molecule has 2 fully saturated rings. The number of rotatable bonds is 9. The number of aryl methyl sites for hydroxylation is 2. The number of fused-ring (bicyclic) bond motifs is 2. The summed E-state index contributed by atoms with van der Waals surface area (Å²) in [5.74, 6) is -0.121. The molecule has 0 spiro atoms. The smallest absolute Gasteiger partial charge is 0.337 e. The quantitative estimate of drug-likeness (QED) is 0.299. The number of methoxy groups -OCH3 is 2. The van der Waals surface area contributed by atoms with Gasteiger partial charge in [0.1, 0.15) is 29.4 Å². The van der Waals surface area contributed by atoms with Crippen molar-refractivity contribution in [3.63, 3.8) is 0 Å². The molecule has 1 N–H and O–H groups in total. The molecule has 1 aliphatic carbocycles. The number of amides is 1. The van der Waals surface area contributed by atoms with E-state index in [0.29, 0.717) is 36.0 Å². The third-order valence-corrected chi connectivity index (χ3v) is 8.64. The normalized spacial score (nSPS) is 16.1. The Morgan fingerprint density at radius 1 is 1.07 bits per heavy atom. The molecule has 10 heteroatoms. The van der Waals surface area contributed by atoms with Crippen molar-refractivity contribution in [1.29, 1.82) is 0 Å². The van der Waals surface area contributed by atoms with Crippen molar-refractivity contribution in [3.8, 4) is 17.1 Å². The highest BCUT2D eigenvalue weighted by molar-refractivity contribution is 5.92. The van der Waals surface area contributed by atoms with E-state index in [1.807, 2.05) is 17.9 Å². The maximum Gasteiger partial charge on any atom is 0.337 e. The average Bonchev–Trinajstić information content (AvgIpc) is 3.64. The number of likely N-dealkylation sites (tertiary alicyclic amines) is 1. The Labute approximate surface area is 237 Å². The summed E-state index contributed by atoms with van der Waals surface area (Å²) in [6.07, 6.45) is 6.48. The minimum atomic E-state index is -1.06. The predicted octanol–water partition coefficient (Wildman–Crippen LogP) is 5.26. The molecule has 216 valence electrons. The van der Waals surface area contributed by atoms with Crippen LogP contribution < -0.4 is 4.74 Å². The van der Waals surface area contributed by atoms with Gasteiger partial charge in [0.25, 0.3) is 0 Å². The SMILES string of the molecule is COCC(=O)N1CCC(c2cc(F)cc3cc(-c4nn5cc(C(=O)O)cc(OC)c5c4C)n(CCC4CC4)c23)CC1. The number of ether oxygens (including phenoxy) is 2. The highest BCUT2D eigenvalue weighted by Gasteiger charge is 2.29. The second kappa shape index (κ2) is 10.8. The summed E-state index contributed by atoms with van der Waals surface area (Å²) >= 11 is 0. The van der Waals surface area contributed by atoms with E-state index in [-0.39, 0.29) is 29.8 Å². The first kappa shape index (κ1) is 27.3. The van der Waals surface area contributed by atoms with Crippen molar-refractivity contribution in [2.24, 2.45) is 5.92 Å². The van der Waals surface area contributed by atoms with Crippen LogP contribution in [0.3, 0.4) is 0 Å². The zero-order valence-corrected chi connectivity index (χ0v) is 23.7. The summed E-state index contributed by atoms with van der Waals surface area (Å²) in [4.78, 5) is 25.9. The number of halogens is 1. The lowest BCUT2D eigenvalue weighted by molar-refractivity contribution is -0.136. The molecule has 1 aliphatic heterocycles. The molecule has 4 heterocycles. The van der Waals surface area contributed by atoms with Gasteiger partial charge in [0.05, 0.1) is 23.9 Å². The minimum absolute atomic E-state index is 0.0192. The predicted molar refractivity (Wildman–Crippen MR) is 152 cm³/mol. The van der Waals surface area contributed by atoms with E-state index in [1.54, 1.807) is 16.6 Å². The molecule has 1 saturated heterocycles. The zero-order valence-electron chi connectivity index (χ0n) is 23.7. The summed E-state index contributed by atoms with van der Waals surface area (Å²) in [5, 5.41) is 15.3. The molecule has 2 aliphatic rings. The van der Waals surface area contributed by atoms with Crippen LogP contribution in [-0.4, -0.2) is 70.0 Å². The minimum Gasteiger partial charge on any atom is -0.494 e. The fourth-order valence-electron chi connectivity index (χ4n) is 6.32. The van der Waals surface area contributed by atoms with Gasteiger partial charge in [-0.3, -0.25) is 4.79 Å². The monoisotopic (exact) mass is 562 g/mol. The van der Waals surface area contributed by atoms with Crippen molar-refractivity contribution in [2.45, 2.75) is 51.5 Å². The van der Waals surface area contributed by atoms with E-state index in [2.05, 4.69) is 4.57 Å². The van der Waals surface area contributed by atoms with Crippen LogP contribution in [0.25, 0.3) is 27.8 Å². The van der Waals surface area contributed by atoms with E-state index in [4.69, 9.17) is 14.6 Å². The highest BCUT2D eigenvalue weighted by atomic mass is 19.1. The van der Waals surface area contributed by atoms with Crippen LogP contribution in [0.1, 0.15) is 59.5 Å². The topological polar surface area (TPSA) is 98.3 Å². The van der Waals surface area contributed by atoms with E-state index in [1.165, 1.54) is 39.3 Å². The molecule has 1 saturated carbocycles. The summed E-state index contributed by atoms with van der Waals surface area (Å²) in [6, 6.07) is 6.76. The Bertz CT molecular complexity index is 1650. The lowest BCUT2D eigenvalue weighted by Gasteiger charge is -2.32. The molecule has 4 aromatic rings. The summed E-state index contributed by atoms with van der Waals surface area (Å²) in [5.41, 5.74) is 5.21. The van der Waals surface area contributed by atoms with Gasteiger partial charge in [-0.2, -0.15) is 5.10 Å². The van der Waals surface area contributed by atoms with Crippen molar-refractivity contribution >= 4 is 28.3 Å². The molecule has 9 nitrogen and oxygen atoms in total. The van der Waals surface area contributed by atoms with Crippen LogP contribution in [0, 0.1) is 18.7 Å². The van der Waals surface area contributed by atoms with Crippen LogP contribution in [0.15, 0.2) is 30.5 Å². The average molecular weight is 563 g/mol. The molecule has 0 atom stereocenters. The van der Waals surface area contributed by atoms with E-state index >= 15 is 4.39 Å². The summed E-state index contributed by atoms with van der Waals surface area (Å²) < 4.78 is 29.6. The first-order chi connectivity index (χ1) is 19.8. The molecule has 1 aromatic carbocycles. The molecule has 0 radical (unpaired) electrons. The van der Waals surface area contributed by atoms with Crippen molar-refractivity contribution < 1.29 is 28.6 Å². The van der Waals surface area contributed by atoms with Gasteiger partial charge in [-0.25, -0.2) is 13.7 Å². The fourth-order valence-corrected chi connectivity index (χ4v) is 6.32. The molecule has 0 unspecified atom stereocenters. The Balaban J connectivity index is 1.48. The Kier molecular flexibility index (Phi) is 7.19. The van der Waals surface area contributed by atoms with Gasteiger partial charge in [-0.1, -0.05) is 12.8 Å². The van der Waals surface area contributed by atoms with Gasteiger partial charge in [-0.15, -0.1) is 0 Å². The van der Waals surface area contributed by atoms with Gasteiger partial charge < -0.3 is 24.0 Å². The van der Waals surface area contributed by atoms with Crippen LogP contribution in [0.2, 0.25) is 0 Å². The van der Waals surface area contributed by atoms with Gasteiger partial charge >= 0.3 is 5.97 Å². The van der Waals surface area contributed by atoms with E-state index in [0.717, 1.165) is 53.5 Å². The number of nitrogens with zero attached hydrogens (tertiary/aromatic N) is 4.